The third-order valence-electron chi connectivity index (χ3n) is 4.75. The van der Waals surface area contributed by atoms with E-state index < -0.39 is 17.6 Å². The molecule has 1 aliphatic heterocycles. The molecule has 0 bridgehead atoms. The molecule has 0 radical (unpaired) electrons. The summed E-state index contributed by atoms with van der Waals surface area (Å²) in [6.07, 6.45) is -1.42. The Morgan fingerprint density at radius 3 is 2.50 bits per heavy atom. The number of carbonyl (C=O) groups excluding carboxylic acids is 1. The van der Waals surface area contributed by atoms with E-state index in [1.807, 2.05) is 24.0 Å². The summed E-state index contributed by atoms with van der Waals surface area (Å²) in [5, 5.41) is 2.60. The molecule has 1 N–H and O–H groups in total. The van der Waals surface area contributed by atoms with E-state index in [1.54, 1.807) is 12.1 Å². The number of ether oxygens (including phenoxy) is 1. The molecule has 1 aliphatic rings. The van der Waals surface area contributed by atoms with Crippen LogP contribution in [0.2, 0.25) is 0 Å². The van der Waals surface area contributed by atoms with Crippen molar-refractivity contribution in [3.63, 3.8) is 0 Å². The molecule has 2 aromatic carbocycles. The van der Waals surface area contributed by atoms with Crippen LogP contribution in [0.5, 0.6) is 5.75 Å². The van der Waals surface area contributed by atoms with Crippen molar-refractivity contribution in [2.75, 3.05) is 29.9 Å². The molecular weight excluding hydrogens is 369 g/mol. The van der Waals surface area contributed by atoms with E-state index in [0.29, 0.717) is 11.4 Å². The highest BCUT2D eigenvalue weighted by molar-refractivity contribution is 5.95. The fraction of sp³-hybridized carbons (Fsp3) is 0.381. The first-order chi connectivity index (χ1) is 13.3. The number of benzene rings is 2. The molecule has 0 aliphatic carbocycles. The molecule has 0 saturated carbocycles. The van der Waals surface area contributed by atoms with Gasteiger partial charge >= 0.3 is 6.18 Å². The second-order valence-corrected chi connectivity index (χ2v) is 6.88. The molecule has 1 fully saturated rings. The molecule has 2 aromatic rings. The average molecular weight is 392 g/mol. The number of carbonyl (C=O) groups is 1. The number of alkyl halides is 3. The van der Waals surface area contributed by atoms with Crippen LogP contribution in [0.25, 0.3) is 0 Å². The SMILES string of the molecule is Cc1ccccc1OCC(=O)Nc1cc(C(F)(F)F)ccc1N1CCCCC1. The van der Waals surface area contributed by atoms with Crippen LogP contribution in [0, 0.1) is 6.92 Å². The van der Waals surface area contributed by atoms with Crippen molar-refractivity contribution in [2.45, 2.75) is 32.4 Å². The second kappa shape index (κ2) is 8.54. The highest BCUT2D eigenvalue weighted by Crippen LogP contribution is 2.36. The van der Waals surface area contributed by atoms with Crippen molar-refractivity contribution >= 4 is 17.3 Å². The maximum atomic E-state index is 13.1. The molecule has 150 valence electrons. The van der Waals surface area contributed by atoms with Crippen LogP contribution in [-0.4, -0.2) is 25.6 Å². The molecular formula is C21H23F3N2O2. The van der Waals surface area contributed by atoms with E-state index in [9.17, 15) is 18.0 Å². The number of halogens is 3. The van der Waals surface area contributed by atoms with Crippen LogP contribution in [-0.2, 0) is 11.0 Å². The van der Waals surface area contributed by atoms with E-state index in [-0.39, 0.29) is 12.3 Å². The van der Waals surface area contributed by atoms with Gasteiger partial charge in [-0.15, -0.1) is 0 Å². The Hall–Kier alpha value is -2.70. The Morgan fingerprint density at radius 1 is 1.11 bits per heavy atom. The number of aryl methyl sites for hydroxylation is 1. The van der Waals surface area contributed by atoms with Crippen molar-refractivity contribution in [3.8, 4) is 5.75 Å². The second-order valence-electron chi connectivity index (χ2n) is 6.88. The van der Waals surface area contributed by atoms with Crippen LogP contribution < -0.4 is 15.0 Å². The van der Waals surface area contributed by atoms with Gasteiger partial charge in [0, 0.05) is 13.1 Å². The zero-order chi connectivity index (χ0) is 20.1. The van der Waals surface area contributed by atoms with Crippen molar-refractivity contribution in [3.05, 3.63) is 53.6 Å². The van der Waals surface area contributed by atoms with Crippen molar-refractivity contribution in [1.29, 1.82) is 0 Å². The van der Waals surface area contributed by atoms with Crippen molar-refractivity contribution in [1.82, 2.24) is 0 Å². The van der Waals surface area contributed by atoms with Crippen molar-refractivity contribution < 1.29 is 22.7 Å². The van der Waals surface area contributed by atoms with Gasteiger partial charge in [0.25, 0.3) is 5.91 Å². The molecule has 0 spiro atoms. The fourth-order valence-corrected chi connectivity index (χ4v) is 3.27. The largest absolute Gasteiger partial charge is 0.483 e. The maximum Gasteiger partial charge on any atom is 0.416 e. The summed E-state index contributed by atoms with van der Waals surface area (Å²) in [5.41, 5.74) is 0.860. The number of rotatable bonds is 5. The van der Waals surface area contributed by atoms with Gasteiger partial charge in [0.1, 0.15) is 5.75 Å². The summed E-state index contributed by atoms with van der Waals surface area (Å²) in [5.74, 6) is 0.0683. The van der Waals surface area contributed by atoms with Crippen LogP contribution in [0.1, 0.15) is 30.4 Å². The molecule has 1 saturated heterocycles. The van der Waals surface area contributed by atoms with Gasteiger partial charge in [-0.2, -0.15) is 13.2 Å². The van der Waals surface area contributed by atoms with E-state index >= 15 is 0 Å². The molecule has 1 amide bonds. The lowest BCUT2D eigenvalue weighted by molar-refractivity contribution is -0.137. The number of hydrogen-bond acceptors (Lipinski definition) is 3. The predicted octanol–water partition coefficient (Wildman–Crippen LogP) is 5.02. The molecule has 28 heavy (non-hydrogen) atoms. The van der Waals surface area contributed by atoms with Gasteiger partial charge in [-0.25, -0.2) is 0 Å². The number of nitrogens with one attached hydrogen (secondary N) is 1. The van der Waals surface area contributed by atoms with Gasteiger partial charge in [0.05, 0.1) is 16.9 Å². The maximum absolute atomic E-state index is 13.1. The summed E-state index contributed by atoms with van der Waals surface area (Å²) < 4.78 is 44.9. The van der Waals surface area contributed by atoms with Gasteiger partial charge in [0.15, 0.2) is 6.61 Å². The number of nitrogens with zero attached hydrogens (tertiary/aromatic N) is 1. The van der Waals surface area contributed by atoms with Gasteiger partial charge in [-0.3, -0.25) is 4.79 Å². The minimum absolute atomic E-state index is 0.162. The Kier molecular flexibility index (Phi) is 6.11. The fourth-order valence-electron chi connectivity index (χ4n) is 3.27. The molecule has 0 unspecified atom stereocenters. The van der Waals surface area contributed by atoms with E-state index in [0.717, 1.165) is 50.0 Å². The lowest BCUT2D eigenvalue weighted by Gasteiger charge is -2.31. The van der Waals surface area contributed by atoms with Gasteiger partial charge in [-0.05, 0) is 56.0 Å². The Balaban J connectivity index is 1.77. The summed E-state index contributed by atoms with van der Waals surface area (Å²) in [4.78, 5) is 14.4. The molecule has 0 atom stereocenters. The Morgan fingerprint density at radius 2 is 1.82 bits per heavy atom. The van der Waals surface area contributed by atoms with E-state index in [4.69, 9.17) is 4.74 Å². The summed E-state index contributed by atoms with van der Waals surface area (Å²) in [6, 6.07) is 10.7. The van der Waals surface area contributed by atoms with Crippen LogP contribution >= 0.6 is 0 Å². The smallest absolute Gasteiger partial charge is 0.416 e. The van der Waals surface area contributed by atoms with Gasteiger partial charge in [0.2, 0.25) is 0 Å². The lowest BCUT2D eigenvalue weighted by atomic mass is 10.1. The molecule has 0 aromatic heterocycles. The number of piperidine rings is 1. The predicted molar refractivity (Wildman–Crippen MR) is 103 cm³/mol. The van der Waals surface area contributed by atoms with Crippen LogP contribution in [0.4, 0.5) is 24.5 Å². The topological polar surface area (TPSA) is 41.6 Å². The minimum Gasteiger partial charge on any atom is -0.483 e. The minimum atomic E-state index is -4.47. The summed E-state index contributed by atoms with van der Waals surface area (Å²) >= 11 is 0. The standard InChI is InChI=1S/C21H23F3N2O2/c1-15-7-3-4-8-19(15)28-14-20(27)25-17-13-16(21(22,23)24)9-10-18(17)26-11-5-2-6-12-26/h3-4,7-10,13H,2,5-6,11-12,14H2,1H3,(H,25,27). The first kappa shape index (κ1) is 20.0. The Labute approximate surface area is 162 Å². The third-order valence-corrected chi connectivity index (χ3v) is 4.75. The monoisotopic (exact) mass is 392 g/mol. The van der Waals surface area contributed by atoms with Crippen molar-refractivity contribution in [2.24, 2.45) is 0 Å². The normalized spacial score (nSPS) is 14.6. The van der Waals surface area contributed by atoms with Crippen LogP contribution in [0.3, 0.4) is 0 Å². The van der Waals surface area contributed by atoms with E-state index in [2.05, 4.69) is 5.32 Å². The number of anilines is 2. The quantitative estimate of drug-likeness (QED) is 0.777. The first-order valence-electron chi connectivity index (χ1n) is 9.29. The van der Waals surface area contributed by atoms with Gasteiger partial charge < -0.3 is 15.0 Å². The highest BCUT2D eigenvalue weighted by atomic mass is 19.4. The lowest BCUT2D eigenvalue weighted by Crippen LogP contribution is -2.31. The molecule has 7 heteroatoms. The molecule has 1 heterocycles. The Bertz CT molecular complexity index is 831. The molecule has 3 rings (SSSR count). The summed E-state index contributed by atoms with van der Waals surface area (Å²) in [7, 11) is 0. The zero-order valence-corrected chi connectivity index (χ0v) is 15.7. The number of para-hydroxylation sites is 1. The molecule has 4 nitrogen and oxygen atoms in total. The van der Waals surface area contributed by atoms with Gasteiger partial charge in [-0.1, -0.05) is 18.2 Å². The highest BCUT2D eigenvalue weighted by Gasteiger charge is 2.31. The van der Waals surface area contributed by atoms with Crippen LogP contribution in [0.15, 0.2) is 42.5 Å². The van der Waals surface area contributed by atoms with E-state index in [1.165, 1.54) is 6.07 Å². The summed E-state index contributed by atoms with van der Waals surface area (Å²) in [6.45, 7) is 3.09. The number of amides is 1. The first-order valence-corrected chi connectivity index (χ1v) is 9.29. The number of hydrogen-bond donors (Lipinski definition) is 1. The third kappa shape index (κ3) is 4.97. The average Bonchev–Trinajstić information content (AvgIpc) is 2.67. The zero-order valence-electron chi connectivity index (χ0n) is 15.7.